The average Bonchev–Trinajstić information content (AvgIpc) is 2.72. The number of para-hydroxylation sites is 1. The number of hydrogen-bond acceptors (Lipinski definition) is 4. The summed E-state index contributed by atoms with van der Waals surface area (Å²) in [5.41, 5.74) is -9.23. The molecule has 0 fully saturated rings. The zero-order chi connectivity index (χ0) is 24.2. The van der Waals surface area contributed by atoms with Crippen molar-refractivity contribution in [3.8, 4) is 5.69 Å². The summed E-state index contributed by atoms with van der Waals surface area (Å²) in [5, 5.41) is 2.37. The quantitative estimate of drug-likeness (QED) is 0.558. The third-order valence-corrected chi connectivity index (χ3v) is 5.15. The number of amidine groups is 1. The van der Waals surface area contributed by atoms with E-state index < -0.39 is 46.4 Å². The number of benzene rings is 2. The second-order valence-electron chi connectivity index (χ2n) is 7.31. The van der Waals surface area contributed by atoms with Crippen molar-refractivity contribution in [2.45, 2.75) is 24.8 Å². The van der Waals surface area contributed by atoms with Gasteiger partial charge in [0.25, 0.3) is 11.1 Å². The lowest BCUT2D eigenvalue weighted by Gasteiger charge is -2.38. The van der Waals surface area contributed by atoms with Crippen LogP contribution >= 0.6 is 0 Å². The molecule has 0 atom stereocenters. The van der Waals surface area contributed by atoms with Crippen LogP contribution in [-0.2, 0) is 5.54 Å². The molecule has 2 N–H and O–H groups in total. The monoisotopic (exact) mass is 468 g/mol. The Balaban J connectivity index is 2.18. The smallest absolute Gasteiger partial charge is 0.325 e. The molecule has 2 aromatic carbocycles. The normalized spacial score (nSPS) is 15.4. The Morgan fingerprint density at radius 3 is 2.00 bits per heavy atom. The van der Waals surface area contributed by atoms with E-state index in [1.165, 1.54) is 54.6 Å². The summed E-state index contributed by atoms with van der Waals surface area (Å²) < 4.78 is 86.0. The van der Waals surface area contributed by atoms with Crippen LogP contribution in [0.3, 0.4) is 0 Å². The van der Waals surface area contributed by atoms with Crippen molar-refractivity contribution >= 4 is 11.7 Å². The molecule has 1 aromatic heterocycles. The average molecular weight is 468 g/mol. The second kappa shape index (κ2) is 7.36. The molecule has 0 spiro atoms. The predicted octanol–water partition coefficient (Wildman–Crippen LogP) is 4.03. The van der Waals surface area contributed by atoms with Crippen LogP contribution in [0.5, 0.6) is 0 Å². The first kappa shape index (κ1) is 22.4. The molecule has 172 valence electrons. The molecule has 0 aliphatic carbocycles. The summed E-state index contributed by atoms with van der Waals surface area (Å²) in [6.07, 6.45) is -12.1. The number of rotatable bonds is 2. The Bertz CT molecular complexity index is 1340. The maximum absolute atomic E-state index is 14.2. The minimum atomic E-state index is -6.07. The fourth-order valence-electron chi connectivity index (χ4n) is 3.60. The molecule has 2 heterocycles. The highest BCUT2D eigenvalue weighted by atomic mass is 19.4. The van der Waals surface area contributed by atoms with E-state index in [4.69, 9.17) is 0 Å². The zero-order valence-corrected chi connectivity index (χ0v) is 16.7. The van der Waals surface area contributed by atoms with Gasteiger partial charge >= 0.3 is 18.0 Å². The fraction of sp³-hybridized carbons (Fsp3) is 0.190. The molecule has 33 heavy (non-hydrogen) atoms. The minimum Gasteiger partial charge on any atom is -0.325 e. The Labute approximate surface area is 181 Å². The largest absolute Gasteiger partial charge is 0.427 e. The fourth-order valence-corrected chi connectivity index (χ4v) is 3.60. The van der Waals surface area contributed by atoms with Gasteiger partial charge in [0, 0.05) is 5.56 Å². The van der Waals surface area contributed by atoms with Crippen LogP contribution in [0.25, 0.3) is 5.69 Å². The third-order valence-electron chi connectivity index (χ3n) is 5.15. The summed E-state index contributed by atoms with van der Waals surface area (Å²) in [7, 11) is 0. The number of fused-ring (bicyclic) bond motifs is 1. The van der Waals surface area contributed by atoms with Gasteiger partial charge in [-0.2, -0.15) is 26.3 Å². The van der Waals surface area contributed by atoms with E-state index in [2.05, 4.69) is 10.3 Å². The Morgan fingerprint density at radius 2 is 1.45 bits per heavy atom. The lowest BCUT2D eigenvalue weighted by atomic mass is 9.87. The topological polar surface area (TPSA) is 79.2 Å². The molecule has 0 saturated heterocycles. The van der Waals surface area contributed by atoms with Crippen LogP contribution < -0.4 is 16.6 Å². The summed E-state index contributed by atoms with van der Waals surface area (Å²) >= 11 is 0. The second-order valence-corrected chi connectivity index (χ2v) is 7.31. The van der Waals surface area contributed by atoms with E-state index in [0.29, 0.717) is 10.1 Å². The number of hydrogen-bond donors (Lipinski definition) is 2. The van der Waals surface area contributed by atoms with Crippen LogP contribution in [0.15, 0.2) is 69.2 Å². The van der Waals surface area contributed by atoms with Crippen LogP contribution in [0.1, 0.15) is 16.7 Å². The van der Waals surface area contributed by atoms with Gasteiger partial charge in [0.1, 0.15) is 17.2 Å². The van der Waals surface area contributed by atoms with Crippen molar-refractivity contribution in [1.82, 2.24) is 9.55 Å². The molecule has 1 aliphatic heterocycles. The first-order valence-electron chi connectivity index (χ1n) is 9.39. The van der Waals surface area contributed by atoms with Gasteiger partial charge < -0.3 is 5.32 Å². The number of nitrogens with zero attached hydrogens (tertiary/aromatic N) is 2. The molecule has 1 aliphatic rings. The zero-order valence-electron chi connectivity index (χ0n) is 16.7. The van der Waals surface area contributed by atoms with E-state index in [9.17, 15) is 35.9 Å². The van der Waals surface area contributed by atoms with Gasteiger partial charge in [-0.1, -0.05) is 48.0 Å². The molecule has 6 nitrogen and oxygen atoms in total. The van der Waals surface area contributed by atoms with Gasteiger partial charge in [-0.15, -0.1) is 0 Å². The van der Waals surface area contributed by atoms with Crippen molar-refractivity contribution in [2.75, 3.05) is 5.32 Å². The molecule has 0 bridgehead atoms. The Hall–Kier alpha value is -3.83. The van der Waals surface area contributed by atoms with Gasteiger partial charge in [0.05, 0.1) is 5.69 Å². The van der Waals surface area contributed by atoms with Gasteiger partial charge in [0.15, 0.2) is 0 Å². The molecule has 0 unspecified atom stereocenters. The molecule has 0 saturated carbocycles. The van der Waals surface area contributed by atoms with E-state index in [1.54, 1.807) is 11.9 Å². The number of aromatic nitrogens is 2. The van der Waals surface area contributed by atoms with Gasteiger partial charge in [-0.05, 0) is 19.1 Å². The SMILES string of the molecule is Cc1ccc(C2=NC(C(F)(F)F)(C(F)(F)F)c3c(n(-c4ccccc4)c(=O)[nH]c3=O)N2)cc1. The Morgan fingerprint density at radius 1 is 0.879 bits per heavy atom. The van der Waals surface area contributed by atoms with E-state index in [-0.39, 0.29) is 11.3 Å². The first-order chi connectivity index (χ1) is 15.4. The van der Waals surface area contributed by atoms with Crippen molar-refractivity contribution in [3.63, 3.8) is 0 Å². The first-order valence-corrected chi connectivity index (χ1v) is 9.39. The van der Waals surface area contributed by atoms with E-state index in [1.807, 2.05) is 0 Å². The molecular formula is C21H14F6N4O2. The van der Waals surface area contributed by atoms with Gasteiger partial charge in [-0.25, -0.2) is 14.4 Å². The maximum Gasteiger partial charge on any atom is 0.427 e. The van der Waals surface area contributed by atoms with Crippen LogP contribution in [0.4, 0.5) is 32.2 Å². The lowest BCUT2D eigenvalue weighted by molar-refractivity contribution is -0.301. The summed E-state index contributed by atoms with van der Waals surface area (Å²) in [6, 6.07) is 12.5. The minimum absolute atomic E-state index is 0.0640. The van der Waals surface area contributed by atoms with Crippen molar-refractivity contribution in [2.24, 2.45) is 4.99 Å². The van der Waals surface area contributed by atoms with E-state index in [0.717, 1.165) is 0 Å². The molecule has 3 aromatic rings. The standard InChI is InChI=1S/C21H14F6N4O2/c1-11-7-9-12(10-8-11)15-28-16-14(19(30-15,20(22,23)24)21(25,26)27)17(32)29-18(33)31(16)13-5-3-2-4-6-13/h2-10H,1H3,(H,28,30)(H,29,32,33). The molecule has 0 radical (unpaired) electrons. The van der Waals surface area contributed by atoms with E-state index >= 15 is 0 Å². The predicted molar refractivity (Wildman–Crippen MR) is 108 cm³/mol. The number of nitrogens with one attached hydrogen (secondary N) is 2. The van der Waals surface area contributed by atoms with Gasteiger partial charge in [-0.3, -0.25) is 9.78 Å². The summed E-state index contributed by atoms with van der Waals surface area (Å²) in [4.78, 5) is 29.7. The number of halogens is 6. The number of aliphatic imine (C=N–C) groups is 1. The molecule has 0 amide bonds. The number of alkyl halides is 6. The number of aryl methyl sites for hydroxylation is 1. The van der Waals surface area contributed by atoms with Crippen molar-refractivity contribution in [3.05, 3.63) is 92.1 Å². The van der Waals surface area contributed by atoms with Crippen LogP contribution in [-0.4, -0.2) is 27.7 Å². The highest BCUT2D eigenvalue weighted by molar-refractivity contribution is 6.10. The van der Waals surface area contributed by atoms with Gasteiger partial charge in [0.2, 0.25) is 0 Å². The van der Waals surface area contributed by atoms with Crippen molar-refractivity contribution < 1.29 is 26.3 Å². The lowest BCUT2D eigenvalue weighted by Crippen LogP contribution is -2.59. The number of aromatic amines is 1. The Kier molecular flexibility index (Phi) is 4.99. The number of anilines is 1. The highest BCUT2D eigenvalue weighted by Gasteiger charge is 2.75. The molecular weight excluding hydrogens is 454 g/mol. The van der Waals surface area contributed by atoms with Crippen molar-refractivity contribution in [1.29, 1.82) is 0 Å². The van der Waals surface area contributed by atoms with Crippen LogP contribution in [0.2, 0.25) is 0 Å². The third kappa shape index (κ3) is 3.41. The summed E-state index contributed by atoms with van der Waals surface area (Å²) in [6.45, 7) is 1.68. The maximum atomic E-state index is 14.2. The number of H-pyrrole nitrogens is 1. The van der Waals surface area contributed by atoms with Crippen LogP contribution in [0, 0.1) is 6.92 Å². The molecule has 4 rings (SSSR count). The summed E-state index contributed by atoms with van der Waals surface area (Å²) in [5.74, 6) is -1.78. The highest BCUT2D eigenvalue weighted by Crippen LogP contribution is 2.55. The molecule has 12 heteroatoms.